The van der Waals surface area contributed by atoms with Gasteiger partial charge in [0.15, 0.2) is 0 Å². The molecule has 0 heterocycles. The predicted octanol–water partition coefficient (Wildman–Crippen LogP) is 3.15. The number of hydrogen-bond donors (Lipinski definition) is 1. The number of alkyl halides is 1. The molecule has 3 heteroatoms. The van der Waals surface area contributed by atoms with Crippen LogP contribution in [0.1, 0.15) is 5.56 Å². The molecule has 1 aromatic rings. The molecule has 1 rings (SSSR count). The van der Waals surface area contributed by atoms with E-state index in [1.54, 1.807) is 0 Å². The van der Waals surface area contributed by atoms with Gasteiger partial charge in [-0.25, -0.2) is 0 Å². The summed E-state index contributed by atoms with van der Waals surface area (Å²) >= 11 is 8.79. The van der Waals surface area contributed by atoms with Crippen LogP contribution in [-0.4, -0.2) is 0 Å². The second kappa shape index (κ2) is 3.84. The van der Waals surface area contributed by atoms with Gasteiger partial charge in [-0.05, 0) is 11.6 Å². The van der Waals surface area contributed by atoms with Crippen molar-refractivity contribution in [3.05, 3.63) is 29.8 Å². The van der Waals surface area contributed by atoms with Gasteiger partial charge in [0.2, 0.25) is 0 Å². The van der Waals surface area contributed by atoms with Crippen molar-refractivity contribution in [2.75, 3.05) is 4.34 Å². The van der Waals surface area contributed by atoms with Gasteiger partial charge in [-0.15, -0.1) is 11.6 Å². The van der Waals surface area contributed by atoms with Crippen molar-refractivity contribution in [1.82, 2.24) is 0 Å². The van der Waals surface area contributed by atoms with Gasteiger partial charge >= 0.3 is 0 Å². The lowest BCUT2D eigenvalue weighted by Crippen LogP contribution is -1.85. The van der Waals surface area contributed by atoms with Gasteiger partial charge in [0.25, 0.3) is 0 Å². The Morgan fingerprint density at radius 2 is 2.10 bits per heavy atom. The number of rotatable bonds is 2. The van der Waals surface area contributed by atoms with E-state index in [0.29, 0.717) is 5.88 Å². The fourth-order valence-corrected chi connectivity index (χ4v) is 1.35. The molecule has 0 fully saturated rings. The van der Waals surface area contributed by atoms with Gasteiger partial charge in [0, 0.05) is 27.7 Å². The van der Waals surface area contributed by atoms with Crippen LogP contribution < -0.4 is 4.34 Å². The summed E-state index contributed by atoms with van der Waals surface area (Å²) in [6.45, 7) is 0. The standard InChI is InChI=1S/C7H7BrClN/c8-10-7-4-2-1-3-6(7)5-9/h1-4,10H,5H2. The first-order valence-electron chi connectivity index (χ1n) is 2.89. The van der Waals surface area contributed by atoms with Crippen LogP contribution in [0.15, 0.2) is 24.3 Å². The van der Waals surface area contributed by atoms with Crippen molar-refractivity contribution in [3.8, 4) is 0 Å². The van der Waals surface area contributed by atoms with Crippen LogP contribution in [0.5, 0.6) is 0 Å². The van der Waals surface area contributed by atoms with Gasteiger partial charge < -0.3 is 4.34 Å². The van der Waals surface area contributed by atoms with E-state index in [-0.39, 0.29) is 0 Å². The summed E-state index contributed by atoms with van der Waals surface area (Å²) in [5, 5.41) is 0. The molecule has 0 saturated heterocycles. The van der Waals surface area contributed by atoms with Crippen molar-refractivity contribution in [3.63, 3.8) is 0 Å². The average Bonchev–Trinajstić information content (AvgIpc) is 2.04. The molecule has 0 aliphatic carbocycles. The lowest BCUT2D eigenvalue weighted by Gasteiger charge is -2.02. The molecule has 0 bridgehead atoms. The number of anilines is 1. The highest BCUT2D eigenvalue weighted by atomic mass is 79.9. The van der Waals surface area contributed by atoms with Crippen LogP contribution in [-0.2, 0) is 5.88 Å². The van der Waals surface area contributed by atoms with Crippen molar-refractivity contribution < 1.29 is 0 Å². The topological polar surface area (TPSA) is 12.0 Å². The maximum Gasteiger partial charge on any atom is 0.0494 e. The molecule has 0 aliphatic heterocycles. The first kappa shape index (κ1) is 7.89. The van der Waals surface area contributed by atoms with E-state index < -0.39 is 0 Å². The molecule has 0 amide bonds. The lowest BCUT2D eigenvalue weighted by atomic mass is 10.2. The summed E-state index contributed by atoms with van der Waals surface area (Å²) < 4.78 is 2.87. The van der Waals surface area contributed by atoms with Crippen LogP contribution in [0.4, 0.5) is 5.69 Å². The molecular weight excluding hydrogens is 213 g/mol. The minimum absolute atomic E-state index is 0.536. The maximum absolute atomic E-state index is 5.65. The fourth-order valence-electron chi connectivity index (χ4n) is 0.729. The zero-order chi connectivity index (χ0) is 7.40. The molecule has 0 aliphatic rings. The minimum Gasteiger partial charge on any atom is -0.322 e. The van der Waals surface area contributed by atoms with E-state index in [0.717, 1.165) is 11.3 Å². The molecule has 0 atom stereocenters. The fraction of sp³-hybridized carbons (Fsp3) is 0.143. The quantitative estimate of drug-likeness (QED) is 0.596. The third-order valence-corrected chi connectivity index (χ3v) is 1.98. The van der Waals surface area contributed by atoms with Crippen molar-refractivity contribution in [2.24, 2.45) is 0 Å². The highest BCUT2D eigenvalue weighted by Gasteiger charge is 1.95. The van der Waals surface area contributed by atoms with Gasteiger partial charge in [0.1, 0.15) is 0 Å². The summed E-state index contributed by atoms with van der Waals surface area (Å²) in [5.41, 5.74) is 2.12. The number of halogens is 2. The van der Waals surface area contributed by atoms with Crippen LogP contribution in [0.3, 0.4) is 0 Å². The molecule has 0 aromatic heterocycles. The number of hydrogen-bond acceptors (Lipinski definition) is 1. The van der Waals surface area contributed by atoms with Gasteiger partial charge in [-0.1, -0.05) is 18.2 Å². The Morgan fingerprint density at radius 1 is 1.40 bits per heavy atom. The maximum atomic E-state index is 5.65. The number of para-hydroxylation sites is 1. The van der Waals surface area contributed by atoms with Gasteiger partial charge in [-0.2, -0.15) is 0 Å². The Kier molecular flexibility index (Phi) is 3.03. The smallest absolute Gasteiger partial charge is 0.0494 e. The first-order chi connectivity index (χ1) is 4.88. The molecule has 54 valence electrons. The van der Waals surface area contributed by atoms with E-state index in [9.17, 15) is 0 Å². The monoisotopic (exact) mass is 219 g/mol. The molecule has 1 nitrogen and oxygen atoms in total. The molecular formula is C7H7BrClN. The zero-order valence-corrected chi connectivity index (χ0v) is 7.61. The van der Waals surface area contributed by atoms with E-state index in [4.69, 9.17) is 11.6 Å². The number of nitrogens with one attached hydrogen (secondary N) is 1. The molecule has 1 aromatic carbocycles. The third kappa shape index (κ3) is 1.64. The van der Waals surface area contributed by atoms with Gasteiger partial charge in [0.05, 0.1) is 0 Å². The highest BCUT2D eigenvalue weighted by molar-refractivity contribution is 9.10. The lowest BCUT2D eigenvalue weighted by molar-refractivity contribution is 1.41. The van der Waals surface area contributed by atoms with Crippen molar-refractivity contribution in [1.29, 1.82) is 0 Å². The third-order valence-electron chi connectivity index (χ3n) is 1.26. The summed E-state index contributed by atoms with van der Waals surface area (Å²) in [6.07, 6.45) is 0. The first-order valence-corrected chi connectivity index (χ1v) is 4.21. The number of benzene rings is 1. The van der Waals surface area contributed by atoms with E-state index in [2.05, 4.69) is 20.5 Å². The van der Waals surface area contributed by atoms with Crippen molar-refractivity contribution in [2.45, 2.75) is 5.88 Å². The Hall–Kier alpha value is -0.210. The minimum atomic E-state index is 0.536. The second-order valence-corrected chi connectivity index (χ2v) is 2.55. The molecule has 0 radical (unpaired) electrons. The predicted molar refractivity (Wildman–Crippen MR) is 48.5 cm³/mol. The summed E-state index contributed by atoms with van der Waals surface area (Å²) in [5.74, 6) is 0.536. The highest BCUT2D eigenvalue weighted by Crippen LogP contribution is 2.17. The summed E-state index contributed by atoms with van der Waals surface area (Å²) in [4.78, 5) is 0. The Balaban J connectivity index is 2.96. The van der Waals surface area contributed by atoms with Crippen LogP contribution in [0.2, 0.25) is 0 Å². The molecule has 0 spiro atoms. The SMILES string of the molecule is ClCc1ccccc1NBr. The summed E-state index contributed by atoms with van der Waals surface area (Å²) in [7, 11) is 0. The largest absolute Gasteiger partial charge is 0.322 e. The zero-order valence-electron chi connectivity index (χ0n) is 5.27. The molecule has 0 saturated carbocycles. The molecule has 10 heavy (non-hydrogen) atoms. The van der Waals surface area contributed by atoms with Gasteiger partial charge in [-0.3, -0.25) is 0 Å². The molecule has 0 unspecified atom stereocenters. The Bertz CT molecular complexity index is 192. The Labute approximate surface area is 73.7 Å². The second-order valence-electron chi connectivity index (χ2n) is 1.89. The van der Waals surface area contributed by atoms with Crippen LogP contribution >= 0.6 is 27.7 Å². The van der Waals surface area contributed by atoms with E-state index >= 15 is 0 Å². The Morgan fingerprint density at radius 3 is 2.60 bits per heavy atom. The van der Waals surface area contributed by atoms with E-state index in [1.165, 1.54) is 0 Å². The van der Waals surface area contributed by atoms with Crippen LogP contribution in [0.25, 0.3) is 0 Å². The average molecular weight is 220 g/mol. The van der Waals surface area contributed by atoms with Crippen molar-refractivity contribution >= 4 is 33.4 Å². The summed E-state index contributed by atoms with van der Waals surface area (Å²) in [6, 6.07) is 7.87. The van der Waals surface area contributed by atoms with E-state index in [1.807, 2.05) is 24.3 Å². The normalized spacial score (nSPS) is 9.40. The molecule has 1 N–H and O–H groups in total. The van der Waals surface area contributed by atoms with Crippen LogP contribution in [0, 0.1) is 0 Å².